The van der Waals surface area contributed by atoms with Crippen LogP contribution < -0.4 is 10.6 Å². The van der Waals surface area contributed by atoms with Crippen LogP contribution in [0.25, 0.3) is 5.52 Å². The van der Waals surface area contributed by atoms with Crippen LogP contribution in [0.5, 0.6) is 0 Å². The quantitative estimate of drug-likeness (QED) is 0.675. The molecule has 7 heteroatoms. The maximum absolute atomic E-state index is 12.8. The van der Waals surface area contributed by atoms with Crippen LogP contribution >= 0.6 is 0 Å². The Hall–Kier alpha value is -3.19. The van der Waals surface area contributed by atoms with Crippen LogP contribution in [0.15, 0.2) is 48.7 Å². The highest BCUT2D eigenvalue weighted by Crippen LogP contribution is 2.15. The minimum Gasteiger partial charge on any atom is -0.376 e. The van der Waals surface area contributed by atoms with Crippen LogP contribution in [0.3, 0.4) is 0 Å². The molecule has 0 aliphatic carbocycles. The molecular weight excluding hydrogens is 368 g/mol. The monoisotopic (exact) mass is 392 g/mol. The van der Waals surface area contributed by atoms with Gasteiger partial charge in [0.25, 0.3) is 11.8 Å². The molecule has 1 unspecified atom stereocenters. The van der Waals surface area contributed by atoms with Crippen molar-refractivity contribution in [1.29, 1.82) is 0 Å². The summed E-state index contributed by atoms with van der Waals surface area (Å²) in [6.45, 7) is 3.59. The number of amides is 2. The lowest BCUT2D eigenvalue weighted by Crippen LogP contribution is -2.32. The summed E-state index contributed by atoms with van der Waals surface area (Å²) < 4.78 is 7.19. The number of rotatable bonds is 6. The molecule has 2 aromatic heterocycles. The second-order valence-corrected chi connectivity index (χ2v) is 7.25. The van der Waals surface area contributed by atoms with E-state index in [1.807, 2.05) is 37.3 Å². The van der Waals surface area contributed by atoms with Gasteiger partial charge in [-0.2, -0.15) is 0 Å². The third-order valence-electron chi connectivity index (χ3n) is 5.05. The molecule has 3 aromatic rings. The molecule has 1 fully saturated rings. The Bertz CT molecular complexity index is 1020. The Morgan fingerprint density at radius 2 is 1.97 bits per heavy atom. The Morgan fingerprint density at radius 3 is 2.72 bits per heavy atom. The fourth-order valence-corrected chi connectivity index (χ4v) is 3.43. The Balaban J connectivity index is 1.50. The fraction of sp³-hybridized carbons (Fsp3) is 0.318. The van der Waals surface area contributed by atoms with Crippen LogP contribution in [-0.4, -0.2) is 40.5 Å². The predicted octanol–water partition coefficient (Wildman–Crippen LogP) is 2.48. The molecule has 2 amide bonds. The second-order valence-electron chi connectivity index (χ2n) is 7.25. The molecule has 0 spiro atoms. The van der Waals surface area contributed by atoms with E-state index in [0.717, 1.165) is 30.6 Å². The van der Waals surface area contributed by atoms with Crippen molar-refractivity contribution in [2.24, 2.45) is 0 Å². The first kappa shape index (κ1) is 19.1. The number of nitrogens with one attached hydrogen (secondary N) is 2. The van der Waals surface area contributed by atoms with Gasteiger partial charge in [0.15, 0.2) is 5.69 Å². The molecule has 0 radical (unpaired) electrons. The first-order valence-electron chi connectivity index (χ1n) is 9.82. The normalized spacial score (nSPS) is 16.1. The largest absolute Gasteiger partial charge is 0.376 e. The van der Waals surface area contributed by atoms with E-state index in [9.17, 15) is 9.59 Å². The molecule has 0 bridgehead atoms. The first-order valence-corrected chi connectivity index (χ1v) is 9.82. The van der Waals surface area contributed by atoms with Crippen molar-refractivity contribution in [3.05, 3.63) is 71.3 Å². The average Bonchev–Trinajstić information content (AvgIpc) is 3.39. The van der Waals surface area contributed by atoms with Crippen LogP contribution in [0.4, 0.5) is 0 Å². The zero-order valence-electron chi connectivity index (χ0n) is 16.4. The molecule has 0 saturated carbocycles. The van der Waals surface area contributed by atoms with Gasteiger partial charge in [-0.1, -0.05) is 35.9 Å². The summed E-state index contributed by atoms with van der Waals surface area (Å²) in [5.41, 5.74) is 3.00. The van der Waals surface area contributed by atoms with Crippen molar-refractivity contribution in [2.45, 2.75) is 32.4 Å². The molecule has 150 valence electrons. The molecule has 1 aliphatic rings. The highest BCUT2D eigenvalue weighted by Gasteiger charge is 2.23. The maximum Gasteiger partial charge on any atom is 0.287 e. The number of benzene rings is 1. The van der Waals surface area contributed by atoms with E-state index in [1.54, 1.807) is 22.7 Å². The highest BCUT2D eigenvalue weighted by molar-refractivity contribution is 6.02. The fourth-order valence-electron chi connectivity index (χ4n) is 3.43. The zero-order valence-corrected chi connectivity index (χ0v) is 16.4. The number of carbonyl (C=O) groups is 2. The minimum absolute atomic E-state index is 0.0464. The number of fused-ring (bicyclic) bond motifs is 1. The summed E-state index contributed by atoms with van der Waals surface area (Å²) >= 11 is 0. The Labute approximate surface area is 169 Å². The van der Waals surface area contributed by atoms with Crippen molar-refractivity contribution < 1.29 is 14.3 Å². The van der Waals surface area contributed by atoms with Gasteiger partial charge in [-0.05, 0) is 37.5 Å². The number of carbonyl (C=O) groups excluding carboxylic acids is 2. The molecule has 3 heterocycles. The van der Waals surface area contributed by atoms with E-state index in [4.69, 9.17) is 4.74 Å². The van der Waals surface area contributed by atoms with Gasteiger partial charge in [-0.15, -0.1) is 0 Å². The van der Waals surface area contributed by atoms with E-state index in [0.29, 0.717) is 18.6 Å². The topological polar surface area (TPSA) is 84.7 Å². The maximum atomic E-state index is 12.8. The molecule has 29 heavy (non-hydrogen) atoms. The Kier molecular flexibility index (Phi) is 5.57. The van der Waals surface area contributed by atoms with Crippen LogP contribution in [0.1, 0.15) is 45.1 Å². The minimum atomic E-state index is -0.329. The molecule has 1 aromatic carbocycles. The molecule has 7 nitrogen and oxygen atoms in total. The standard InChI is InChI=1S/C22H24N4O3/c1-15-7-9-16(10-8-15)13-23-22(28)20-25-19(18-6-2-3-11-26(18)20)21(27)24-14-17-5-4-12-29-17/h2-3,6-11,17H,4-5,12-14H2,1H3,(H,23,28)(H,24,27). The number of aryl methyl sites for hydroxylation is 1. The SMILES string of the molecule is Cc1ccc(CNC(=O)c2nc(C(=O)NCC3CCCO3)c3ccccn23)cc1. The van der Waals surface area contributed by atoms with Crippen molar-refractivity contribution >= 4 is 17.3 Å². The lowest BCUT2D eigenvalue weighted by Gasteiger charge is -2.09. The number of nitrogens with zero attached hydrogens (tertiary/aromatic N) is 2. The number of pyridine rings is 1. The van der Waals surface area contributed by atoms with E-state index < -0.39 is 0 Å². The lowest BCUT2D eigenvalue weighted by molar-refractivity contribution is 0.0855. The smallest absolute Gasteiger partial charge is 0.287 e. The summed E-state index contributed by atoms with van der Waals surface area (Å²) in [4.78, 5) is 29.8. The molecule has 4 rings (SSSR count). The van der Waals surface area contributed by atoms with E-state index in [1.165, 1.54) is 0 Å². The van der Waals surface area contributed by atoms with Gasteiger partial charge in [0.2, 0.25) is 5.82 Å². The van der Waals surface area contributed by atoms with E-state index in [2.05, 4.69) is 15.6 Å². The summed E-state index contributed by atoms with van der Waals surface area (Å²) in [5.74, 6) is -0.443. The van der Waals surface area contributed by atoms with Gasteiger partial charge in [0, 0.05) is 25.9 Å². The number of aromatic nitrogens is 2. The summed E-state index contributed by atoms with van der Waals surface area (Å²) in [5, 5.41) is 5.76. The van der Waals surface area contributed by atoms with Crippen molar-refractivity contribution in [3.8, 4) is 0 Å². The Morgan fingerprint density at radius 1 is 1.14 bits per heavy atom. The van der Waals surface area contributed by atoms with Gasteiger partial charge in [-0.25, -0.2) is 4.98 Å². The van der Waals surface area contributed by atoms with Crippen molar-refractivity contribution in [3.63, 3.8) is 0 Å². The molecule has 1 saturated heterocycles. The number of hydrogen-bond acceptors (Lipinski definition) is 4. The van der Waals surface area contributed by atoms with E-state index >= 15 is 0 Å². The third kappa shape index (κ3) is 4.30. The first-order chi connectivity index (χ1) is 14.1. The van der Waals surface area contributed by atoms with Gasteiger partial charge < -0.3 is 15.4 Å². The predicted molar refractivity (Wildman–Crippen MR) is 109 cm³/mol. The molecule has 2 N–H and O–H groups in total. The summed E-state index contributed by atoms with van der Waals surface area (Å²) in [6, 6.07) is 13.4. The lowest BCUT2D eigenvalue weighted by atomic mass is 10.1. The summed E-state index contributed by atoms with van der Waals surface area (Å²) in [7, 11) is 0. The average molecular weight is 392 g/mol. The highest BCUT2D eigenvalue weighted by atomic mass is 16.5. The van der Waals surface area contributed by atoms with Crippen molar-refractivity contribution in [2.75, 3.05) is 13.2 Å². The van der Waals surface area contributed by atoms with Crippen LogP contribution in [0, 0.1) is 6.92 Å². The summed E-state index contributed by atoms with van der Waals surface area (Å²) in [6.07, 6.45) is 3.74. The van der Waals surface area contributed by atoms with Crippen molar-refractivity contribution in [1.82, 2.24) is 20.0 Å². The van der Waals surface area contributed by atoms with Gasteiger partial charge in [0.1, 0.15) is 0 Å². The second kappa shape index (κ2) is 8.45. The number of imidazole rings is 1. The number of ether oxygens (including phenoxy) is 1. The van der Waals surface area contributed by atoms with Gasteiger partial charge in [0.05, 0.1) is 11.6 Å². The third-order valence-corrected chi connectivity index (χ3v) is 5.05. The van der Waals surface area contributed by atoms with Crippen LogP contribution in [0.2, 0.25) is 0 Å². The zero-order chi connectivity index (χ0) is 20.2. The van der Waals surface area contributed by atoms with E-state index in [-0.39, 0.29) is 29.4 Å². The molecule has 1 atom stereocenters. The molecular formula is C22H24N4O3. The van der Waals surface area contributed by atoms with Crippen LogP contribution in [-0.2, 0) is 11.3 Å². The molecule has 1 aliphatic heterocycles. The van der Waals surface area contributed by atoms with Gasteiger partial charge in [-0.3, -0.25) is 14.0 Å². The number of hydrogen-bond donors (Lipinski definition) is 2. The van der Waals surface area contributed by atoms with Gasteiger partial charge >= 0.3 is 0 Å².